The van der Waals surface area contributed by atoms with Crippen molar-refractivity contribution in [3.05, 3.63) is 0 Å². The number of rotatable bonds is 5. The summed E-state index contributed by atoms with van der Waals surface area (Å²) in [6.45, 7) is 5.77. The van der Waals surface area contributed by atoms with Gasteiger partial charge in [-0.2, -0.15) is 0 Å². The molecule has 5 unspecified atom stereocenters. The van der Waals surface area contributed by atoms with E-state index in [1.807, 2.05) is 0 Å². The lowest BCUT2D eigenvalue weighted by Crippen LogP contribution is -2.46. The van der Waals surface area contributed by atoms with Crippen LogP contribution in [-0.4, -0.2) is 19.6 Å². The first-order valence-corrected chi connectivity index (χ1v) is 10.6. The van der Waals surface area contributed by atoms with Gasteiger partial charge >= 0.3 is 0 Å². The van der Waals surface area contributed by atoms with Crippen molar-refractivity contribution < 1.29 is 0 Å². The molecule has 2 nitrogen and oxygen atoms in total. The molecule has 0 heterocycles. The van der Waals surface area contributed by atoms with E-state index in [1.54, 1.807) is 38.5 Å². The smallest absolute Gasteiger partial charge is 0.00176 e. The molecule has 7 atom stereocenters. The van der Waals surface area contributed by atoms with Crippen molar-refractivity contribution in [2.75, 3.05) is 19.6 Å². The molecular weight excluding hydrogens is 280 g/mol. The predicted octanol–water partition coefficient (Wildman–Crippen LogP) is 4.19. The van der Waals surface area contributed by atoms with Gasteiger partial charge in [-0.1, -0.05) is 19.8 Å². The highest BCUT2D eigenvalue weighted by molar-refractivity contribution is 5.08. The topological polar surface area (TPSA) is 38.0 Å². The maximum absolute atomic E-state index is 5.63. The first-order chi connectivity index (χ1) is 11.2. The molecule has 23 heavy (non-hydrogen) atoms. The van der Waals surface area contributed by atoms with Crippen LogP contribution in [0.25, 0.3) is 0 Å². The van der Waals surface area contributed by atoms with Gasteiger partial charge < -0.3 is 11.1 Å². The summed E-state index contributed by atoms with van der Waals surface area (Å²) in [4.78, 5) is 0. The van der Waals surface area contributed by atoms with E-state index in [4.69, 9.17) is 5.73 Å². The minimum Gasteiger partial charge on any atom is -0.330 e. The molecule has 1 spiro atoms. The summed E-state index contributed by atoms with van der Waals surface area (Å²) in [6, 6.07) is 0. The molecule has 0 aliphatic heterocycles. The van der Waals surface area contributed by atoms with Crippen LogP contribution in [0, 0.1) is 40.9 Å². The molecule has 4 rings (SSSR count). The highest BCUT2D eigenvalue weighted by Crippen LogP contribution is 2.66. The second-order valence-electron chi connectivity index (χ2n) is 9.60. The van der Waals surface area contributed by atoms with Gasteiger partial charge in [-0.25, -0.2) is 0 Å². The maximum atomic E-state index is 5.63. The third-order valence-corrected chi connectivity index (χ3v) is 8.57. The Morgan fingerprint density at radius 3 is 2.83 bits per heavy atom. The fraction of sp³-hybridized carbons (Fsp3) is 1.00. The van der Waals surface area contributed by atoms with Gasteiger partial charge in [-0.3, -0.25) is 0 Å². The van der Waals surface area contributed by atoms with Crippen LogP contribution in [0.2, 0.25) is 0 Å². The van der Waals surface area contributed by atoms with Crippen molar-refractivity contribution in [3.63, 3.8) is 0 Å². The van der Waals surface area contributed by atoms with Crippen molar-refractivity contribution in [3.8, 4) is 0 Å². The van der Waals surface area contributed by atoms with E-state index in [-0.39, 0.29) is 0 Å². The molecule has 4 aliphatic rings. The first-order valence-electron chi connectivity index (χ1n) is 10.6. The molecule has 132 valence electrons. The lowest BCUT2D eigenvalue weighted by Gasteiger charge is -2.55. The molecular formula is C21H38N2. The molecule has 0 aromatic heterocycles. The molecule has 0 aromatic carbocycles. The Bertz CT molecular complexity index is 409. The molecule has 4 fully saturated rings. The van der Waals surface area contributed by atoms with Gasteiger partial charge in [-0.15, -0.1) is 0 Å². The zero-order valence-corrected chi connectivity index (χ0v) is 15.2. The number of fused-ring (bicyclic) bond motifs is 3. The van der Waals surface area contributed by atoms with E-state index in [9.17, 15) is 0 Å². The summed E-state index contributed by atoms with van der Waals surface area (Å²) in [5.41, 5.74) is 6.39. The first kappa shape index (κ1) is 16.4. The Morgan fingerprint density at radius 1 is 1.04 bits per heavy atom. The SMILES string of the molecule is C[C@H]1CCCC2C1CCC13CC(CCC21)[C@@H](CNCCCN)C3. The van der Waals surface area contributed by atoms with Crippen LogP contribution in [0.5, 0.6) is 0 Å². The number of hydrogen-bond donors (Lipinski definition) is 2. The standard InChI is InChI=1S/C21H38N2/c1-15-4-2-5-19-18(15)8-9-21-12-16(6-7-20(19)21)17(13-21)14-23-11-3-10-22/h15-20,23H,2-14,22H2,1H3/t15-,16?,17+,18?,19?,20?,21?/m0/s1. The van der Waals surface area contributed by atoms with Gasteiger partial charge in [0.2, 0.25) is 0 Å². The van der Waals surface area contributed by atoms with E-state index in [2.05, 4.69) is 12.2 Å². The van der Waals surface area contributed by atoms with Crippen molar-refractivity contribution >= 4 is 0 Å². The van der Waals surface area contributed by atoms with Crippen LogP contribution < -0.4 is 11.1 Å². The zero-order chi connectivity index (χ0) is 15.9. The van der Waals surface area contributed by atoms with Crippen LogP contribution in [0.4, 0.5) is 0 Å². The van der Waals surface area contributed by atoms with Gasteiger partial charge in [0.25, 0.3) is 0 Å². The van der Waals surface area contributed by atoms with E-state index in [0.29, 0.717) is 0 Å². The molecule has 0 amide bonds. The van der Waals surface area contributed by atoms with Gasteiger partial charge in [0.1, 0.15) is 0 Å². The Balaban J connectivity index is 1.43. The normalized spacial score (nSPS) is 48.8. The second kappa shape index (κ2) is 6.67. The summed E-state index contributed by atoms with van der Waals surface area (Å²) >= 11 is 0. The molecule has 4 saturated carbocycles. The minimum absolute atomic E-state index is 0.765. The average Bonchev–Trinajstić information content (AvgIpc) is 2.82. The van der Waals surface area contributed by atoms with Crippen LogP contribution in [0.15, 0.2) is 0 Å². The molecule has 4 aliphatic carbocycles. The minimum atomic E-state index is 0.765. The summed E-state index contributed by atoms with van der Waals surface area (Å²) in [5, 5.41) is 3.72. The van der Waals surface area contributed by atoms with Crippen LogP contribution in [0.1, 0.15) is 71.1 Å². The quantitative estimate of drug-likeness (QED) is 0.746. The maximum Gasteiger partial charge on any atom is -0.00176 e. The number of nitrogens with one attached hydrogen (secondary N) is 1. The van der Waals surface area contributed by atoms with Crippen LogP contribution in [-0.2, 0) is 0 Å². The number of nitrogens with two attached hydrogens (primary N) is 1. The Hall–Kier alpha value is -0.0800. The van der Waals surface area contributed by atoms with Crippen molar-refractivity contribution in [2.24, 2.45) is 46.7 Å². The molecule has 2 bridgehead atoms. The van der Waals surface area contributed by atoms with Crippen molar-refractivity contribution in [2.45, 2.75) is 71.1 Å². The number of hydrogen-bond acceptors (Lipinski definition) is 2. The summed E-state index contributed by atoms with van der Waals surface area (Å²) in [6.07, 6.45) is 15.1. The highest BCUT2D eigenvalue weighted by atomic mass is 14.9. The van der Waals surface area contributed by atoms with E-state index >= 15 is 0 Å². The lowest BCUT2D eigenvalue weighted by molar-refractivity contribution is -0.0552. The Labute approximate surface area is 143 Å². The van der Waals surface area contributed by atoms with Gasteiger partial charge in [0.15, 0.2) is 0 Å². The fourth-order valence-electron chi connectivity index (χ4n) is 7.59. The van der Waals surface area contributed by atoms with Crippen LogP contribution in [0.3, 0.4) is 0 Å². The van der Waals surface area contributed by atoms with Gasteiger partial charge in [0, 0.05) is 0 Å². The van der Waals surface area contributed by atoms with E-state index in [1.165, 1.54) is 25.8 Å². The largest absolute Gasteiger partial charge is 0.330 e. The summed E-state index contributed by atoms with van der Waals surface area (Å²) in [7, 11) is 0. The van der Waals surface area contributed by atoms with Gasteiger partial charge in [-0.05, 0) is 112 Å². The predicted molar refractivity (Wildman–Crippen MR) is 97.1 cm³/mol. The third-order valence-electron chi connectivity index (χ3n) is 8.57. The average molecular weight is 319 g/mol. The lowest BCUT2D eigenvalue weighted by atomic mass is 9.50. The van der Waals surface area contributed by atoms with Crippen LogP contribution >= 0.6 is 0 Å². The van der Waals surface area contributed by atoms with Crippen molar-refractivity contribution in [1.82, 2.24) is 5.32 Å². The fourth-order valence-corrected chi connectivity index (χ4v) is 7.59. The van der Waals surface area contributed by atoms with E-state index < -0.39 is 0 Å². The summed E-state index contributed by atoms with van der Waals surface area (Å²) in [5.74, 6) is 6.29. The van der Waals surface area contributed by atoms with Crippen molar-refractivity contribution in [1.29, 1.82) is 0 Å². The second-order valence-corrected chi connectivity index (χ2v) is 9.60. The molecule has 0 saturated heterocycles. The highest BCUT2D eigenvalue weighted by Gasteiger charge is 2.57. The molecule has 2 heteroatoms. The molecule has 0 aromatic rings. The summed E-state index contributed by atoms with van der Waals surface area (Å²) < 4.78 is 0. The Kier molecular flexibility index (Phi) is 4.75. The Morgan fingerprint density at radius 2 is 1.96 bits per heavy atom. The monoisotopic (exact) mass is 318 g/mol. The van der Waals surface area contributed by atoms with E-state index in [0.717, 1.165) is 60.4 Å². The van der Waals surface area contributed by atoms with Gasteiger partial charge in [0.05, 0.1) is 0 Å². The third kappa shape index (κ3) is 2.88. The molecule has 3 N–H and O–H groups in total. The molecule has 0 radical (unpaired) electrons. The zero-order valence-electron chi connectivity index (χ0n) is 15.2.